The smallest absolute Gasteiger partial charge is 0.254 e. The van der Waals surface area contributed by atoms with Crippen molar-refractivity contribution in [2.75, 3.05) is 12.8 Å². The van der Waals surface area contributed by atoms with E-state index in [4.69, 9.17) is 0 Å². The summed E-state index contributed by atoms with van der Waals surface area (Å²) in [5, 5.41) is 7.29. The van der Waals surface area contributed by atoms with Gasteiger partial charge in [-0.1, -0.05) is 18.2 Å². The SMILES string of the molecule is CSc1cc(C)[nH]c(=O)c1CNC(=O)c1c(C)n([C@H](C)[C@H]2CC[C@H](CNC3CC(F)(F)C3)CC2)c2ccccc12. The van der Waals surface area contributed by atoms with Crippen molar-refractivity contribution < 1.29 is 13.6 Å². The van der Waals surface area contributed by atoms with E-state index in [9.17, 15) is 18.4 Å². The van der Waals surface area contributed by atoms with Gasteiger partial charge in [-0.3, -0.25) is 9.59 Å². The lowest BCUT2D eigenvalue weighted by molar-refractivity contribution is -0.0934. The summed E-state index contributed by atoms with van der Waals surface area (Å²) in [4.78, 5) is 29.9. The van der Waals surface area contributed by atoms with Crippen LogP contribution in [-0.4, -0.2) is 40.2 Å². The van der Waals surface area contributed by atoms with Gasteiger partial charge in [-0.25, -0.2) is 8.78 Å². The van der Waals surface area contributed by atoms with Crippen molar-refractivity contribution >= 4 is 28.6 Å². The second-order valence-corrected chi connectivity index (χ2v) is 12.6. The van der Waals surface area contributed by atoms with Crippen molar-refractivity contribution in [3.8, 4) is 0 Å². The third kappa shape index (κ3) is 5.86. The van der Waals surface area contributed by atoms with Crippen LogP contribution in [0.1, 0.15) is 78.8 Å². The Kier molecular flexibility index (Phi) is 8.43. The first-order chi connectivity index (χ1) is 19.1. The standard InChI is InChI=1S/C31H40F2N4O2S/c1-18-13-27(40-4)25(29(38)36-18)17-35-30(39)28-20(3)37(26-8-6-5-7-24(26)28)19(2)22-11-9-21(10-12-22)16-34-23-14-31(32,33)15-23/h5-8,13,19,21-23,34H,9-12,14-17H2,1-4H3,(H,35,39)(H,36,38)/t19-,21-,22-/m1/s1. The van der Waals surface area contributed by atoms with Crippen LogP contribution in [0.25, 0.3) is 10.9 Å². The Morgan fingerprint density at radius 2 is 1.88 bits per heavy atom. The van der Waals surface area contributed by atoms with E-state index < -0.39 is 5.92 Å². The fourth-order valence-corrected chi connectivity index (χ4v) is 7.43. The lowest BCUT2D eigenvalue weighted by atomic mass is 9.78. The first-order valence-corrected chi connectivity index (χ1v) is 15.6. The van der Waals surface area contributed by atoms with E-state index >= 15 is 0 Å². The summed E-state index contributed by atoms with van der Waals surface area (Å²) in [6, 6.07) is 10.2. The zero-order valence-corrected chi connectivity index (χ0v) is 24.6. The van der Waals surface area contributed by atoms with Crippen LogP contribution in [0.3, 0.4) is 0 Å². The number of aromatic nitrogens is 2. The minimum absolute atomic E-state index is 0.0322. The van der Waals surface area contributed by atoms with Gasteiger partial charge in [0.15, 0.2) is 0 Å². The Morgan fingerprint density at radius 1 is 1.18 bits per heavy atom. The molecule has 2 fully saturated rings. The van der Waals surface area contributed by atoms with Crippen molar-refractivity contribution in [1.29, 1.82) is 0 Å². The monoisotopic (exact) mass is 570 g/mol. The molecule has 0 saturated heterocycles. The number of halogens is 2. The number of nitrogens with zero attached hydrogens (tertiary/aromatic N) is 1. The molecule has 40 heavy (non-hydrogen) atoms. The molecule has 2 aliphatic rings. The van der Waals surface area contributed by atoms with Crippen molar-refractivity contribution in [3.05, 3.63) is 63.2 Å². The predicted octanol–water partition coefficient (Wildman–Crippen LogP) is 6.35. The largest absolute Gasteiger partial charge is 0.348 e. The molecule has 0 unspecified atom stereocenters. The van der Waals surface area contributed by atoms with Crippen molar-refractivity contribution in [2.45, 2.75) is 88.7 Å². The number of hydrogen-bond acceptors (Lipinski definition) is 4. The van der Waals surface area contributed by atoms with Gasteiger partial charge in [-0.2, -0.15) is 0 Å². The number of nitrogens with one attached hydrogen (secondary N) is 3. The Bertz CT molecular complexity index is 1430. The summed E-state index contributed by atoms with van der Waals surface area (Å²) in [5.74, 6) is -1.65. The molecule has 9 heteroatoms. The maximum absolute atomic E-state index is 13.6. The molecular formula is C31H40F2N4O2S. The fraction of sp³-hybridized carbons (Fsp3) is 0.548. The number of thioether (sulfide) groups is 1. The van der Waals surface area contributed by atoms with Crippen LogP contribution < -0.4 is 16.2 Å². The summed E-state index contributed by atoms with van der Waals surface area (Å²) in [5.41, 5.74) is 3.83. The number of hydrogen-bond donors (Lipinski definition) is 3. The number of aromatic amines is 1. The number of alkyl halides is 2. The first-order valence-electron chi connectivity index (χ1n) is 14.3. The van der Waals surface area contributed by atoms with Gasteiger partial charge < -0.3 is 20.2 Å². The van der Waals surface area contributed by atoms with Crippen LogP contribution in [0.2, 0.25) is 0 Å². The number of pyridine rings is 1. The third-order valence-electron chi connectivity index (χ3n) is 9.02. The molecule has 1 amide bonds. The molecule has 1 aromatic carbocycles. The van der Waals surface area contributed by atoms with Crippen LogP contribution in [0.4, 0.5) is 8.78 Å². The first kappa shape index (κ1) is 28.9. The third-order valence-corrected chi connectivity index (χ3v) is 9.83. The highest BCUT2D eigenvalue weighted by molar-refractivity contribution is 7.98. The molecule has 2 saturated carbocycles. The van der Waals surface area contributed by atoms with Crippen LogP contribution in [0.15, 0.2) is 40.0 Å². The Labute approximate surface area is 238 Å². The van der Waals surface area contributed by atoms with Gasteiger partial charge in [0.2, 0.25) is 0 Å². The molecule has 2 aromatic heterocycles. The Balaban J connectivity index is 1.28. The van der Waals surface area contributed by atoms with Gasteiger partial charge in [0.05, 0.1) is 5.56 Å². The summed E-state index contributed by atoms with van der Waals surface area (Å²) in [6.45, 7) is 7.10. The maximum Gasteiger partial charge on any atom is 0.254 e. The van der Waals surface area contributed by atoms with E-state index in [-0.39, 0.29) is 42.9 Å². The number of para-hydroxylation sites is 1. The average Bonchev–Trinajstić information content (AvgIpc) is 3.21. The number of carbonyl (C=O) groups excluding carboxylic acids is 1. The van der Waals surface area contributed by atoms with E-state index in [0.717, 1.165) is 59.4 Å². The number of amides is 1. The zero-order chi connectivity index (χ0) is 28.6. The molecule has 3 N–H and O–H groups in total. The maximum atomic E-state index is 13.6. The van der Waals surface area contributed by atoms with Gasteiger partial charge in [-0.05, 0) is 83.2 Å². The second-order valence-electron chi connectivity index (χ2n) is 11.7. The Hall–Kier alpha value is -2.65. The van der Waals surface area contributed by atoms with Crippen LogP contribution >= 0.6 is 11.8 Å². The highest BCUT2D eigenvalue weighted by Gasteiger charge is 2.45. The zero-order valence-electron chi connectivity index (χ0n) is 23.8. The molecular weight excluding hydrogens is 530 g/mol. The highest BCUT2D eigenvalue weighted by atomic mass is 32.2. The summed E-state index contributed by atoms with van der Waals surface area (Å²) in [7, 11) is 0. The predicted molar refractivity (Wildman–Crippen MR) is 158 cm³/mol. The van der Waals surface area contributed by atoms with Gasteiger partial charge in [0, 0.05) is 64.2 Å². The molecule has 0 radical (unpaired) electrons. The van der Waals surface area contributed by atoms with Gasteiger partial charge in [0.25, 0.3) is 17.4 Å². The molecule has 2 heterocycles. The molecule has 6 nitrogen and oxygen atoms in total. The van der Waals surface area contributed by atoms with Crippen molar-refractivity contribution in [2.24, 2.45) is 11.8 Å². The molecule has 0 aliphatic heterocycles. The molecule has 3 aromatic rings. The quantitative estimate of drug-likeness (QED) is 0.262. The van der Waals surface area contributed by atoms with Crippen molar-refractivity contribution in [1.82, 2.24) is 20.2 Å². The van der Waals surface area contributed by atoms with E-state index in [0.29, 0.717) is 23.0 Å². The molecule has 2 aliphatic carbocycles. The molecule has 1 atom stereocenters. The van der Waals surface area contributed by atoms with E-state index in [1.807, 2.05) is 44.4 Å². The number of fused-ring (bicyclic) bond motifs is 1. The summed E-state index contributed by atoms with van der Waals surface area (Å²) >= 11 is 1.50. The minimum atomic E-state index is -2.48. The fourth-order valence-electron chi connectivity index (χ4n) is 6.72. The molecule has 216 valence electrons. The van der Waals surface area contributed by atoms with E-state index in [2.05, 4.69) is 33.2 Å². The van der Waals surface area contributed by atoms with Gasteiger partial charge in [-0.15, -0.1) is 11.8 Å². The highest BCUT2D eigenvalue weighted by Crippen LogP contribution is 2.40. The summed E-state index contributed by atoms with van der Waals surface area (Å²) < 4.78 is 28.6. The topological polar surface area (TPSA) is 78.9 Å². The molecule has 0 spiro atoms. The number of benzene rings is 1. The number of aryl methyl sites for hydroxylation is 1. The molecule has 5 rings (SSSR count). The summed E-state index contributed by atoms with van der Waals surface area (Å²) in [6.07, 6.45) is 6.19. The normalized spacial score (nSPS) is 21.8. The second kappa shape index (κ2) is 11.7. The van der Waals surface area contributed by atoms with Crippen molar-refractivity contribution in [3.63, 3.8) is 0 Å². The Morgan fingerprint density at radius 3 is 2.55 bits per heavy atom. The van der Waals surface area contributed by atoms with Gasteiger partial charge in [0.1, 0.15) is 0 Å². The van der Waals surface area contributed by atoms with E-state index in [1.165, 1.54) is 11.8 Å². The number of rotatable bonds is 9. The molecule has 0 bridgehead atoms. The van der Waals surface area contributed by atoms with Gasteiger partial charge >= 0.3 is 0 Å². The van der Waals surface area contributed by atoms with Crippen LogP contribution in [0, 0.1) is 25.7 Å². The average molecular weight is 571 g/mol. The minimum Gasteiger partial charge on any atom is -0.348 e. The lowest BCUT2D eigenvalue weighted by Crippen LogP contribution is -2.49. The van der Waals surface area contributed by atoms with Crippen LogP contribution in [0.5, 0.6) is 0 Å². The van der Waals surface area contributed by atoms with Crippen LogP contribution in [-0.2, 0) is 6.54 Å². The lowest BCUT2D eigenvalue weighted by Gasteiger charge is -2.38. The number of carbonyl (C=O) groups is 1. The number of H-pyrrole nitrogens is 1. The van der Waals surface area contributed by atoms with E-state index in [1.54, 1.807) is 0 Å².